The number of nitrogens with zero attached hydrogens (tertiary/aromatic N) is 1. The molecule has 3 atom stereocenters. The number of aromatic amines is 1. The summed E-state index contributed by atoms with van der Waals surface area (Å²) in [5.41, 5.74) is 7.09. The van der Waals surface area contributed by atoms with Crippen molar-refractivity contribution in [2.24, 2.45) is 5.73 Å². The van der Waals surface area contributed by atoms with Gasteiger partial charge in [-0.25, -0.2) is 4.98 Å². The fourth-order valence-electron chi connectivity index (χ4n) is 2.97. The van der Waals surface area contributed by atoms with Gasteiger partial charge in [0, 0.05) is 0 Å². The molecule has 0 amide bonds. The van der Waals surface area contributed by atoms with Crippen molar-refractivity contribution in [3.63, 3.8) is 0 Å². The number of aliphatic hydroxyl groups is 1. The molecular weight excluding hydrogens is 342 g/mol. The van der Waals surface area contributed by atoms with Crippen LogP contribution in [0.3, 0.4) is 0 Å². The summed E-state index contributed by atoms with van der Waals surface area (Å²) in [6.07, 6.45) is 16.9. The second-order valence-electron chi connectivity index (χ2n) is 7.24. The summed E-state index contributed by atoms with van der Waals surface area (Å²) in [5, 5.41) is 9.37. The fraction of sp³-hybridized carbons (Fsp3) is 0.476. The third kappa shape index (κ3) is 4.97. The maximum Gasteiger partial charge on any atom is 0.128 e. The number of aromatic nitrogens is 2. The van der Waals surface area contributed by atoms with Gasteiger partial charge in [0.2, 0.25) is 0 Å². The number of hydrogen-bond acceptors (Lipinski definition) is 5. The maximum absolute atomic E-state index is 9.37. The molecule has 6 nitrogen and oxygen atoms in total. The monoisotopic (exact) mass is 371 g/mol. The van der Waals surface area contributed by atoms with E-state index in [0.29, 0.717) is 5.82 Å². The van der Waals surface area contributed by atoms with Gasteiger partial charge >= 0.3 is 0 Å². The molecule has 0 bridgehead atoms. The van der Waals surface area contributed by atoms with Crippen LogP contribution >= 0.6 is 0 Å². The Bertz CT molecular complexity index is 758. The minimum absolute atomic E-state index is 0.0505. The number of ether oxygens (including phenoxy) is 2. The van der Waals surface area contributed by atoms with Crippen LogP contribution in [-0.4, -0.2) is 40.5 Å². The third-order valence-electron chi connectivity index (χ3n) is 4.67. The summed E-state index contributed by atoms with van der Waals surface area (Å²) in [7, 11) is 0. The molecule has 3 rings (SSSR count). The average molecular weight is 371 g/mol. The summed E-state index contributed by atoms with van der Waals surface area (Å²) < 4.78 is 11.8. The molecule has 2 aliphatic rings. The Morgan fingerprint density at radius 3 is 2.59 bits per heavy atom. The lowest BCUT2D eigenvalue weighted by Gasteiger charge is -2.23. The molecule has 0 fully saturated rings. The number of nitrogens with one attached hydrogen (secondary N) is 1. The molecule has 0 saturated heterocycles. The largest absolute Gasteiger partial charge is 0.494 e. The van der Waals surface area contributed by atoms with Gasteiger partial charge in [-0.3, -0.25) is 0 Å². The van der Waals surface area contributed by atoms with Crippen LogP contribution in [0.15, 0.2) is 48.4 Å². The first-order chi connectivity index (χ1) is 13.0. The predicted molar refractivity (Wildman–Crippen MR) is 106 cm³/mol. The van der Waals surface area contributed by atoms with E-state index in [4.69, 9.17) is 15.2 Å². The number of allylic oxidation sites excluding steroid dienone is 3. The highest BCUT2D eigenvalue weighted by molar-refractivity contribution is 5.72. The van der Waals surface area contributed by atoms with E-state index in [1.165, 1.54) is 0 Å². The molecule has 1 aromatic heterocycles. The molecule has 0 aromatic carbocycles. The third-order valence-corrected chi connectivity index (χ3v) is 4.67. The van der Waals surface area contributed by atoms with Gasteiger partial charge in [0.1, 0.15) is 11.6 Å². The highest BCUT2D eigenvalue weighted by Crippen LogP contribution is 2.25. The van der Waals surface area contributed by atoms with Crippen molar-refractivity contribution >= 4 is 5.57 Å². The topological polar surface area (TPSA) is 93.4 Å². The molecular formula is C21H29N3O3. The Balaban J connectivity index is 1.52. The van der Waals surface area contributed by atoms with Crippen molar-refractivity contribution in [3.05, 3.63) is 59.9 Å². The Labute approximate surface area is 160 Å². The molecule has 0 aliphatic heterocycles. The lowest BCUT2D eigenvalue weighted by atomic mass is 10.0. The molecule has 4 N–H and O–H groups in total. The summed E-state index contributed by atoms with van der Waals surface area (Å²) >= 11 is 0. The van der Waals surface area contributed by atoms with Crippen molar-refractivity contribution in [2.75, 3.05) is 13.2 Å². The Morgan fingerprint density at radius 1 is 1.26 bits per heavy atom. The first-order valence-corrected chi connectivity index (χ1v) is 9.52. The van der Waals surface area contributed by atoms with Gasteiger partial charge in [-0.15, -0.1) is 0 Å². The van der Waals surface area contributed by atoms with Crippen LogP contribution in [0.1, 0.15) is 44.6 Å². The molecule has 2 aliphatic carbocycles. The van der Waals surface area contributed by atoms with E-state index in [9.17, 15) is 5.11 Å². The van der Waals surface area contributed by atoms with Gasteiger partial charge in [0.05, 0.1) is 42.9 Å². The van der Waals surface area contributed by atoms with Crippen LogP contribution in [0.25, 0.3) is 5.57 Å². The number of aliphatic hydroxyl groups excluding tert-OH is 1. The van der Waals surface area contributed by atoms with Crippen molar-refractivity contribution in [3.8, 4) is 0 Å². The van der Waals surface area contributed by atoms with Crippen LogP contribution in [0.5, 0.6) is 0 Å². The van der Waals surface area contributed by atoms with E-state index in [1.807, 2.05) is 12.2 Å². The first kappa shape index (κ1) is 19.6. The van der Waals surface area contributed by atoms with E-state index >= 15 is 0 Å². The molecule has 146 valence electrons. The van der Waals surface area contributed by atoms with E-state index < -0.39 is 5.54 Å². The molecule has 27 heavy (non-hydrogen) atoms. The summed E-state index contributed by atoms with van der Waals surface area (Å²) in [4.78, 5) is 7.50. The molecule has 1 aromatic rings. The first-order valence-electron chi connectivity index (χ1n) is 9.52. The van der Waals surface area contributed by atoms with Gasteiger partial charge in [-0.1, -0.05) is 31.2 Å². The minimum atomic E-state index is -0.872. The fourth-order valence-corrected chi connectivity index (χ4v) is 2.97. The average Bonchev–Trinajstić information content (AvgIpc) is 3.19. The van der Waals surface area contributed by atoms with Crippen LogP contribution < -0.4 is 5.73 Å². The molecule has 6 heteroatoms. The highest BCUT2D eigenvalue weighted by Gasteiger charge is 2.24. The quantitative estimate of drug-likeness (QED) is 0.653. The van der Waals surface area contributed by atoms with E-state index in [2.05, 4.69) is 41.2 Å². The summed E-state index contributed by atoms with van der Waals surface area (Å²) in [5.74, 6) is 1.51. The van der Waals surface area contributed by atoms with Crippen molar-refractivity contribution in [1.29, 1.82) is 0 Å². The zero-order valence-electron chi connectivity index (χ0n) is 16.0. The minimum Gasteiger partial charge on any atom is -0.494 e. The van der Waals surface area contributed by atoms with Gasteiger partial charge in [-0.2, -0.15) is 0 Å². The number of nitrogens with two attached hydrogens (primary N) is 1. The highest BCUT2D eigenvalue weighted by atomic mass is 16.5. The van der Waals surface area contributed by atoms with E-state index in [0.717, 1.165) is 42.9 Å². The molecule has 1 heterocycles. The number of H-pyrrole nitrogens is 1. The lowest BCUT2D eigenvalue weighted by molar-refractivity contribution is 0.0423. The second kappa shape index (κ2) is 8.69. The molecule has 0 spiro atoms. The Kier molecular flexibility index (Phi) is 6.31. The van der Waals surface area contributed by atoms with Crippen LogP contribution in [-0.2, 0) is 15.0 Å². The zero-order valence-corrected chi connectivity index (χ0v) is 16.0. The lowest BCUT2D eigenvalue weighted by Crippen LogP contribution is -2.38. The van der Waals surface area contributed by atoms with Crippen molar-refractivity contribution in [1.82, 2.24) is 9.97 Å². The second-order valence-corrected chi connectivity index (χ2v) is 7.24. The summed E-state index contributed by atoms with van der Waals surface area (Å²) in [6.45, 7) is 4.42. The number of hydrogen-bond donors (Lipinski definition) is 3. The van der Waals surface area contributed by atoms with E-state index in [-0.39, 0.29) is 18.8 Å². The van der Waals surface area contributed by atoms with Crippen LogP contribution in [0.2, 0.25) is 0 Å². The predicted octanol–water partition coefficient (Wildman–Crippen LogP) is 2.94. The normalized spacial score (nSPS) is 24.3. The van der Waals surface area contributed by atoms with Gasteiger partial charge in [0.25, 0.3) is 0 Å². The number of imidazole rings is 1. The maximum atomic E-state index is 9.37. The van der Waals surface area contributed by atoms with Gasteiger partial charge in [-0.05, 0) is 43.9 Å². The SMILES string of the molecule is CCCOC1=CCC(OC2C=CC(c3cnc([C@@](C)(N)CO)[nH]3)=CC2)C=C1. The Morgan fingerprint density at radius 2 is 2.00 bits per heavy atom. The molecule has 0 radical (unpaired) electrons. The summed E-state index contributed by atoms with van der Waals surface area (Å²) in [6, 6.07) is 0. The van der Waals surface area contributed by atoms with Crippen LogP contribution in [0, 0.1) is 0 Å². The number of rotatable bonds is 8. The Hall–Kier alpha value is -2.15. The zero-order chi connectivity index (χ0) is 19.3. The molecule has 2 unspecified atom stereocenters. The smallest absolute Gasteiger partial charge is 0.128 e. The van der Waals surface area contributed by atoms with Crippen LogP contribution in [0.4, 0.5) is 0 Å². The van der Waals surface area contributed by atoms with E-state index in [1.54, 1.807) is 13.1 Å². The molecule has 0 saturated carbocycles. The van der Waals surface area contributed by atoms with Crippen molar-refractivity contribution in [2.45, 2.75) is 50.9 Å². The van der Waals surface area contributed by atoms with Gasteiger partial charge in [0.15, 0.2) is 0 Å². The standard InChI is InChI=1S/C21H29N3O3/c1-3-12-26-16-8-10-18(11-9-16)27-17-6-4-15(5-7-17)19-13-23-20(24-19)21(2,22)14-25/h4-6,8-10,13,17-18,25H,3,7,11-12,14,22H2,1-2H3,(H,23,24)/t17?,18?,21-/m0/s1. The van der Waals surface area contributed by atoms with Gasteiger partial charge < -0.3 is 25.3 Å². The van der Waals surface area contributed by atoms with Crippen molar-refractivity contribution < 1.29 is 14.6 Å².